The summed E-state index contributed by atoms with van der Waals surface area (Å²) in [7, 11) is 2.05. The Kier molecular flexibility index (Phi) is 5.29. The summed E-state index contributed by atoms with van der Waals surface area (Å²) < 4.78 is 0. The first kappa shape index (κ1) is 14.4. The van der Waals surface area contributed by atoms with Crippen LogP contribution in [0.3, 0.4) is 0 Å². The minimum Gasteiger partial charge on any atom is -0.312 e. The molecule has 0 heterocycles. The maximum absolute atomic E-state index is 3.44. The predicted molar refractivity (Wildman–Crippen MR) is 88.0 cm³/mol. The summed E-state index contributed by atoms with van der Waals surface area (Å²) in [5.41, 5.74) is 1.39. The van der Waals surface area contributed by atoms with E-state index in [1.54, 1.807) is 0 Å². The molecule has 2 rings (SSSR count). The highest BCUT2D eigenvalue weighted by atomic mass is 32.2. The number of hydrogen-bond donors (Lipinski definition) is 1. The van der Waals surface area contributed by atoms with Crippen molar-refractivity contribution in [3.8, 4) is 0 Å². The first-order valence-electron chi connectivity index (χ1n) is 7.02. The van der Waals surface area contributed by atoms with E-state index < -0.39 is 0 Å². The maximum Gasteiger partial charge on any atom is 0.0409 e. The standard InChI is InChI=1S/C17H23NS/c1-4-13(2)19-12-17(18-3)16-10-9-14-7-5-6-8-15(14)11-16/h5-11,13,17-18H,4,12H2,1-3H3. The highest BCUT2D eigenvalue weighted by Gasteiger charge is 2.11. The maximum atomic E-state index is 3.44. The van der Waals surface area contributed by atoms with E-state index in [-0.39, 0.29) is 0 Å². The van der Waals surface area contributed by atoms with E-state index in [2.05, 4.69) is 68.7 Å². The van der Waals surface area contributed by atoms with Gasteiger partial charge in [-0.15, -0.1) is 0 Å². The van der Waals surface area contributed by atoms with E-state index >= 15 is 0 Å². The molecule has 0 aliphatic heterocycles. The molecular weight excluding hydrogens is 250 g/mol. The molecule has 1 N–H and O–H groups in total. The van der Waals surface area contributed by atoms with Crippen LogP contribution in [0.1, 0.15) is 31.9 Å². The Morgan fingerprint density at radius 2 is 1.84 bits per heavy atom. The SMILES string of the molecule is CCC(C)SCC(NC)c1ccc2ccccc2c1. The van der Waals surface area contributed by atoms with Crippen LogP contribution < -0.4 is 5.32 Å². The average Bonchev–Trinajstić information content (AvgIpc) is 2.47. The number of fused-ring (bicyclic) bond motifs is 1. The normalized spacial score (nSPS) is 14.5. The lowest BCUT2D eigenvalue weighted by atomic mass is 10.0. The summed E-state index contributed by atoms with van der Waals surface area (Å²) in [5.74, 6) is 1.13. The van der Waals surface area contributed by atoms with Gasteiger partial charge in [0.2, 0.25) is 0 Å². The van der Waals surface area contributed by atoms with Crippen LogP contribution in [0.4, 0.5) is 0 Å². The van der Waals surface area contributed by atoms with Gasteiger partial charge < -0.3 is 5.32 Å². The van der Waals surface area contributed by atoms with E-state index in [1.165, 1.54) is 22.8 Å². The second-order valence-electron chi connectivity index (χ2n) is 5.00. The molecule has 0 aromatic heterocycles. The third-order valence-electron chi connectivity index (χ3n) is 3.65. The Balaban J connectivity index is 2.15. The summed E-state index contributed by atoms with van der Waals surface area (Å²) in [6.45, 7) is 4.56. The van der Waals surface area contributed by atoms with Gasteiger partial charge in [0.1, 0.15) is 0 Å². The molecule has 2 unspecified atom stereocenters. The van der Waals surface area contributed by atoms with Crippen LogP contribution in [0, 0.1) is 0 Å². The van der Waals surface area contributed by atoms with Crippen molar-refractivity contribution in [2.24, 2.45) is 0 Å². The summed E-state index contributed by atoms with van der Waals surface area (Å²) in [5, 5.41) is 6.82. The highest BCUT2D eigenvalue weighted by molar-refractivity contribution is 7.99. The summed E-state index contributed by atoms with van der Waals surface area (Å²) in [6, 6.07) is 15.8. The fraction of sp³-hybridized carbons (Fsp3) is 0.412. The van der Waals surface area contributed by atoms with Gasteiger partial charge in [-0.25, -0.2) is 0 Å². The molecule has 0 bridgehead atoms. The van der Waals surface area contributed by atoms with Crippen molar-refractivity contribution in [3.05, 3.63) is 48.0 Å². The quantitative estimate of drug-likeness (QED) is 0.823. The Bertz CT molecular complexity index is 523. The molecule has 19 heavy (non-hydrogen) atoms. The smallest absolute Gasteiger partial charge is 0.0409 e. The lowest BCUT2D eigenvalue weighted by Gasteiger charge is -2.19. The van der Waals surface area contributed by atoms with Crippen molar-refractivity contribution in [3.63, 3.8) is 0 Å². The van der Waals surface area contributed by atoms with Crippen LogP contribution >= 0.6 is 11.8 Å². The number of hydrogen-bond acceptors (Lipinski definition) is 2. The number of benzene rings is 2. The number of thioether (sulfide) groups is 1. The molecule has 0 saturated heterocycles. The van der Waals surface area contributed by atoms with Crippen LogP contribution in [0.2, 0.25) is 0 Å². The Morgan fingerprint density at radius 3 is 2.53 bits per heavy atom. The van der Waals surface area contributed by atoms with Crippen molar-refractivity contribution in [2.45, 2.75) is 31.6 Å². The molecular formula is C17H23NS. The van der Waals surface area contributed by atoms with Crippen molar-refractivity contribution in [1.82, 2.24) is 5.32 Å². The molecule has 1 nitrogen and oxygen atoms in total. The zero-order chi connectivity index (χ0) is 13.7. The Hall–Kier alpha value is -0.990. The first-order chi connectivity index (χ1) is 9.24. The molecule has 102 valence electrons. The van der Waals surface area contributed by atoms with Crippen molar-refractivity contribution in [2.75, 3.05) is 12.8 Å². The molecule has 0 saturated carbocycles. The lowest BCUT2D eigenvalue weighted by molar-refractivity contribution is 0.661. The van der Waals surface area contributed by atoms with E-state index in [1.807, 2.05) is 11.8 Å². The first-order valence-corrected chi connectivity index (χ1v) is 8.07. The molecule has 0 aliphatic carbocycles. The fourth-order valence-corrected chi connectivity index (χ4v) is 3.26. The predicted octanol–water partition coefficient (Wildman–Crippen LogP) is 4.63. The molecule has 2 aromatic rings. The van der Waals surface area contributed by atoms with E-state index in [0.717, 1.165) is 11.0 Å². The van der Waals surface area contributed by atoms with Gasteiger partial charge in [0.05, 0.1) is 0 Å². The van der Waals surface area contributed by atoms with Gasteiger partial charge in [0.15, 0.2) is 0 Å². The second kappa shape index (κ2) is 6.97. The van der Waals surface area contributed by atoms with Crippen LogP contribution in [0.15, 0.2) is 42.5 Å². The van der Waals surface area contributed by atoms with E-state index in [9.17, 15) is 0 Å². The van der Waals surface area contributed by atoms with Crippen molar-refractivity contribution < 1.29 is 0 Å². The fourth-order valence-electron chi connectivity index (χ4n) is 2.15. The topological polar surface area (TPSA) is 12.0 Å². The van der Waals surface area contributed by atoms with Crippen LogP contribution in [-0.2, 0) is 0 Å². The molecule has 2 heteroatoms. The molecule has 0 radical (unpaired) electrons. The van der Waals surface area contributed by atoms with Crippen molar-refractivity contribution in [1.29, 1.82) is 0 Å². The molecule has 0 fully saturated rings. The third-order valence-corrected chi connectivity index (χ3v) is 5.07. The zero-order valence-corrected chi connectivity index (χ0v) is 12.8. The molecule has 2 atom stereocenters. The van der Waals surface area contributed by atoms with Crippen LogP contribution in [-0.4, -0.2) is 18.1 Å². The minimum absolute atomic E-state index is 0.434. The Labute approximate surface area is 120 Å². The van der Waals surface area contributed by atoms with Crippen LogP contribution in [0.25, 0.3) is 10.8 Å². The summed E-state index contributed by atoms with van der Waals surface area (Å²) in [6.07, 6.45) is 1.23. The number of nitrogens with one attached hydrogen (secondary N) is 1. The molecule has 0 amide bonds. The van der Waals surface area contributed by atoms with E-state index in [0.29, 0.717) is 6.04 Å². The van der Waals surface area contributed by atoms with Gasteiger partial charge in [0.25, 0.3) is 0 Å². The highest BCUT2D eigenvalue weighted by Crippen LogP contribution is 2.25. The lowest BCUT2D eigenvalue weighted by Crippen LogP contribution is -2.19. The molecule has 0 aliphatic rings. The monoisotopic (exact) mass is 273 g/mol. The Morgan fingerprint density at radius 1 is 1.11 bits per heavy atom. The third kappa shape index (κ3) is 3.74. The zero-order valence-electron chi connectivity index (χ0n) is 12.0. The second-order valence-corrected chi connectivity index (χ2v) is 6.47. The van der Waals surface area contributed by atoms with Gasteiger partial charge in [-0.05, 0) is 35.9 Å². The van der Waals surface area contributed by atoms with Crippen LogP contribution in [0.5, 0.6) is 0 Å². The van der Waals surface area contributed by atoms with Gasteiger partial charge >= 0.3 is 0 Å². The number of rotatable bonds is 6. The molecule has 2 aromatic carbocycles. The van der Waals surface area contributed by atoms with Crippen molar-refractivity contribution >= 4 is 22.5 Å². The summed E-state index contributed by atoms with van der Waals surface area (Å²) in [4.78, 5) is 0. The van der Waals surface area contributed by atoms with Gasteiger partial charge in [-0.1, -0.05) is 50.2 Å². The van der Waals surface area contributed by atoms with E-state index in [4.69, 9.17) is 0 Å². The van der Waals surface area contributed by atoms with Gasteiger partial charge in [-0.2, -0.15) is 11.8 Å². The minimum atomic E-state index is 0.434. The average molecular weight is 273 g/mol. The van der Waals surface area contributed by atoms with Gasteiger partial charge in [-0.3, -0.25) is 0 Å². The molecule has 0 spiro atoms. The largest absolute Gasteiger partial charge is 0.312 e. The van der Waals surface area contributed by atoms with Gasteiger partial charge in [0, 0.05) is 17.0 Å². The summed E-state index contributed by atoms with van der Waals surface area (Å²) >= 11 is 2.05.